The van der Waals surface area contributed by atoms with Gasteiger partial charge in [0.05, 0.1) is 17.8 Å². The highest BCUT2D eigenvalue weighted by Crippen LogP contribution is 2.30. The Morgan fingerprint density at radius 1 is 1.00 bits per heavy atom. The average molecular weight is 420 g/mol. The molecule has 0 bridgehead atoms. The topological polar surface area (TPSA) is 110 Å². The van der Waals surface area contributed by atoms with Crippen molar-refractivity contribution in [3.63, 3.8) is 0 Å². The van der Waals surface area contributed by atoms with Crippen LogP contribution in [0.2, 0.25) is 0 Å². The summed E-state index contributed by atoms with van der Waals surface area (Å²) in [5.41, 5.74) is 2.72. The van der Waals surface area contributed by atoms with Gasteiger partial charge >= 0.3 is 0 Å². The fourth-order valence-electron chi connectivity index (χ4n) is 4.03. The molecule has 8 nitrogen and oxygen atoms in total. The van der Waals surface area contributed by atoms with Crippen molar-refractivity contribution >= 4 is 29.4 Å². The molecule has 2 heterocycles. The van der Waals surface area contributed by atoms with Crippen LogP contribution in [-0.4, -0.2) is 59.2 Å². The third-order valence-electron chi connectivity index (χ3n) is 5.68. The first-order valence-electron chi connectivity index (χ1n) is 10.2. The lowest BCUT2D eigenvalue weighted by Gasteiger charge is -2.39. The number of fused-ring (bicyclic) bond motifs is 2. The van der Waals surface area contributed by atoms with Crippen molar-refractivity contribution in [3.05, 3.63) is 54.1 Å². The number of hydrogen-bond acceptors (Lipinski definition) is 5. The van der Waals surface area contributed by atoms with Crippen molar-refractivity contribution in [2.24, 2.45) is 0 Å². The Bertz CT molecular complexity index is 1040. The van der Waals surface area contributed by atoms with Gasteiger partial charge in [0.25, 0.3) is 5.91 Å². The second kappa shape index (κ2) is 8.59. The Labute approximate surface area is 179 Å². The summed E-state index contributed by atoms with van der Waals surface area (Å²) in [6.07, 6.45) is 0.0645. The van der Waals surface area contributed by atoms with Gasteiger partial charge in [0.15, 0.2) is 0 Å². The highest BCUT2D eigenvalue weighted by molar-refractivity contribution is 6.10. The van der Waals surface area contributed by atoms with Crippen molar-refractivity contribution in [2.45, 2.75) is 25.3 Å². The second-order valence-corrected chi connectivity index (χ2v) is 7.70. The van der Waals surface area contributed by atoms with Gasteiger partial charge in [-0.25, -0.2) is 0 Å². The molecule has 0 aliphatic carbocycles. The predicted octanol–water partition coefficient (Wildman–Crippen LogP) is 0.879. The predicted molar refractivity (Wildman–Crippen MR) is 111 cm³/mol. The number of rotatable bonds is 5. The maximum absolute atomic E-state index is 13.3. The fourth-order valence-corrected chi connectivity index (χ4v) is 4.03. The molecule has 0 spiro atoms. The molecule has 1 atom stereocenters. The Kier molecular flexibility index (Phi) is 5.70. The van der Waals surface area contributed by atoms with Crippen LogP contribution in [0.1, 0.15) is 29.6 Å². The summed E-state index contributed by atoms with van der Waals surface area (Å²) >= 11 is 0. The third kappa shape index (κ3) is 4.28. The zero-order valence-electron chi connectivity index (χ0n) is 16.9. The molecular weight excluding hydrogens is 398 g/mol. The number of anilines is 1. The summed E-state index contributed by atoms with van der Waals surface area (Å²) < 4.78 is 0. The van der Waals surface area contributed by atoms with Gasteiger partial charge in [0.2, 0.25) is 11.8 Å². The summed E-state index contributed by atoms with van der Waals surface area (Å²) in [6, 6.07) is 14.3. The molecule has 2 aliphatic heterocycles. The normalized spacial score (nSPS) is 18.0. The molecule has 3 amide bonds. The molecule has 0 aromatic heterocycles. The third-order valence-corrected chi connectivity index (χ3v) is 5.68. The lowest BCUT2D eigenvalue weighted by molar-refractivity contribution is -0.305. The molecule has 0 saturated carbocycles. The molecule has 160 valence electrons. The van der Waals surface area contributed by atoms with Gasteiger partial charge in [0, 0.05) is 25.5 Å². The van der Waals surface area contributed by atoms with Crippen LogP contribution in [0.15, 0.2) is 48.5 Å². The van der Waals surface area contributed by atoms with Gasteiger partial charge < -0.3 is 25.0 Å². The first kappa shape index (κ1) is 20.6. The van der Waals surface area contributed by atoms with E-state index in [1.54, 1.807) is 12.1 Å². The van der Waals surface area contributed by atoms with Crippen LogP contribution in [-0.2, 0) is 14.4 Å². The minimum absolute atomic E-state index is 0.0664. The van der Waals surface area contributed by atoms with Crippen LogP contribution in [0.3, 0.4) is 0 Å². The first-order valence-corrected chi connectivity index (χ1v) is 10.2. The van der Waals surface area contributed by atoms with Crippen molar-refractivity contribution < 1.29 is 24.3 Å². The number of carbonyl (C=O) groups excluding carboxylic acids is 4. The summed E-state index contributed by atoms with van der Waals surface area (Å²) in [6.45, 7) is 0.618. The molecule has 8 heteroatoms. The summed E-state index contributed by atoms with van der Waals surface area (Å²) in [4.78, 5) is 52.2. The van der Waals surface area contributed by atoms with E-state index in [1.807, 2.05) is 36.4 Å². The lowest BCUT2D eigenvalue weighted by atomic mass is 10.0. The molecule has 0 unspecified atom stereocenters. The molecular formula is C23H22N3O5-. The maximum atomic E-state index is 13.3. The van der Waals surface area contributed by atoms with Gasteiger partial charge in [-0.3, -0.25) is 14.4 Å². The van der Waals surface area contributed by atoms with E-state index in [1.165, 1.54) is 9.80 Å². The number of carbonyl (C=O) groups is 4. The zero-order valence-corrected chi connectivity index (χ0v) is 16.9. The van der Waals surface area contributed by atoms with Gasteiger partial charge in [-0.2, -0.15) is 0 Å². The first-order chi connectivity index (χ1) is 14.9. The number of carboxylic acids is 1. The summed E-state index contributed by atoms with van der Waals surface area (Å²) in [5, 5.41) is 13.4. The standard InChI is InChI=1S/C23H23N3O5/c27-20(7-4-8-21(28)29)25-11-12-26-19(14-25)22(30)24-18-10-9-16(13-17(18)23(26)31)15-5-2-1-3-6-15/h1-3,5-6,9-10,13,19H,4,7-8,11-12,14H2,(H,24,30)(H,28,29)/p-1/t19-/m0/s1. The fraction of sp³-hybridized carbons (Fsp3) is 0.304. The molecule has 1 N–H and O–H groups in total. The number of piperazine rings is 1. The van der Waals surface area contributed by atoms with Crippen molar-refractivity contribution in [3.8, 4) is 11.1 Å². The number of nitrogens with zero attached hydrogens (tertiary/aromatic N) is 2. The molecule has 2 aliphatic rings. The van der Waals surface area contributed by atoms with E-state index in [-0.39, 0.29) is 50.1 Å². The van der Waals surface area contributed by atoms with Crippen molar-refractivity contribution in [2.75, 3.05) is 25.0 Å². The Balaban J connectivity index is 1.53. The molecule has 31 heavy (non-hydrogen) atoms. The van der Waals surface area contributed by atoms with Gasteiger partial charge in [0.1, 0.15) is 6.04 Å². The van der Waals surface area contributed by atoms with Gasteiger partial charge in [-0.15, -0.1) is 0 Å². The quantitative estimate of drug-likeness (QED) is 0.772. The van der Waals surface area contributed by atoms with E-state index in [0.717, 1.165) is 11.1 Å². The number of carboxylic acid groups (broad SMARTS) is 1. The summed E-state index contributed by atoms with van der Waals surface area (Å²) in [5.74, 6) is -2.01. The molecule has 1 fully saturated rings. The van der Waals surface area contributed by atoms with Crippen LogP contribution in [0.25, 0.3) is 11.1 Å². The van der Waals surface area contributed by atoms with Crippen LogP contribution < -0.4 is 10.4 Å². The van der Waals surface area contributed by atoms with E-state index >= 15 is 0 Å². The highest BCUT2D eigenvalue weighted by atomic mass is 16.4. The van der Waals surface area contributed by atoms with E-state index in [9.17, 15) is 24.3 Å². The largest absolute Gasteiger partial charge is 0.550 e. The van der Waals surface area contributed by atoms with Crippen LogP contribution in [0.5, 0.6) is 0 Å². The molecule has 2 aromatic rings. The number of amides is 3. The van der Waals surface area contributed by atoms with E-state index in [0.29, 0.717) is 17.8 Å². The van der Waals surface area contributed by atoms with Crippen LogP contribution >= 0.6 is 0 Å². The molecule has 2 aromatic carbocycles. The number of aliphatic carboxylic acids is 1. The molecule has 0 radical (unpaired) electrons. The van der Waals surface area contributed by atoms with Crippen LogP contribution in [0, 0.1) is 0 Å². The Morgan fingerprint density at radius 2 is 1.77 bits per heavy atom. The average Bonchev–Trinajstić information content (AvgIpc) is 2.88. The maximum Gasteiger partial charge on any atom is 0.256 e. The lowest BCUT2D eigenvalue weighted by Crippen LogP contribution is -2.59. The Morgan fingerprint density at radius 3 is 2.52 bits per heavy atom. The minimum atomic E-state index is -1.20. The minimum Gasteiger partial charge on any atom is -0.550 e. The Hall–Kier alpha value is -3.68. The van der Waals surface area contributed by atoms with E-state index in [2.05, 4.69) is 5.32 Å². The molecule has 1 saturated heterocycles. The highest BCUT2D eigenvalue weighted by Gasteiger charge is 2.40. The number of hydrogen-bond donors (Lipinski definition) is 1. The SMILES string of the molecule is O=C([O-])CCCC(=O)N1CCN2C(=O)c3cc(-c4ccccc4)ccc3NC(=O)[C@@H]2C1. The monoisotopic (exact) mass is 420 g/mol. The van der Waals surface area contributed by atoms with Crippen LogP contribution in [0.4, 0.5) is 5.69 Å². The van der Waals surface area contributed by atoms with E-state index < -0.39 is 12.0 Å². The van der Waals surface area contributed by atoms with Crippen molar-refractivity contribution in [1.29, 1.82) is 0 Å². The second-order valence-electron chi connectivity index (χ2n) is 7.70. The van der Waals surface area contributed by atoms with Gasteiger partial charge in [-0.05, 0) is 36.1 Å². The smallest absolute Gasteiger partial charge is 0.256 e. The number of nitrogens with one attached hydrogen (secondary N) is 1. The zero-order chi connectivity index (χ0) is 22.0. The summed E-state index contributed by atoms with van der Waals surface area (Å²) in [7, 11) is 0. The molecule has 4 rings (SSSR count). The van der Waals surface area contributed by atoms with Crippen molar-refractivity contribution in [1.82, 2.24) is 9.80 Å². The van der Waals surface area contributed by atoms with Gasteiger partial charge in [-0.1, -0.05) is 36.4 Å². The van der Waals surface area contributed by atoms with E-state index in [4.69, 9.17) is 0 Å². The number of benzene rings is 2.